The van der Waals surface area contributed by atoms with Crippen molar-refractivity contribution < 1.29 is 14.3 Å². The Hall–Kier alpha value is -2.89. The van der Waals surface area contributed by atoms with E-state index in [1.54, 1.807) is 28.8 Å². The predicted octanol–water partition coefficient (Wildman–Crippen LogP) is 3.28. The molecule has 2 aromatic heterocycles. The third-order valence-electron chi connectivity index (χ3n) is 4.71. The number of carbonyl (C=O) groups excluding carboxylic acids is 2. The van der Waals surface area contributed by atoms with Gasteiger partial charge in [-0.1, -0.05) is 17.4 Å². The topological polar surface area (TPSA) is 114 Å². The normalized spacial score (nSPS) is 15.9. The molecule has 30 heavy (non-hydrogen) atoms. The van der Waals surface area contributed by atoms with Crippen molar-refractivity contribution in [3.63, 3.8) is 0 Å². The lowest BCUT2D eigenvalue weighted by molar-refractivity contribution is -0.124. The van der Waals surface area contributed by atoms with E-state index in [4.69, 9.17) is 17.0 Å². The summed E-state index contributed by atoms with van der Waals surface area (Å²) in [4.78, 5) is 30.2. The molecule has 3 N–H and O–H groups in total. The number of carbonyl (C=O) groups is 2. The molecule has 11 heteroatoms. The Balaban J connectivity index is 1.48. The lowest BCUT2D eigenvalue weighted by Crippen LogP contribution is -2.27. The largest absolute Gasteiger partial charge is 0.368 e. The van der Waals surface area contributed by atoms with Crippen LogP contribution in [0.2, 0.25) is 0 Å². The number of H-pyrrole nitrogens is 1. The number of aromatic nitrogens is 4. The van der Waals surface area contributed by atoms with E-state index >= 15 is 0 Å². The van der Waals surface area contributed by atoms with Gasteiger partial charge in [0.05, 0.1) is 10.6 Å². The number of anilines is 2. The average Bonchev–Trinajstić information content (AvgIpc) is 3.45. The molecule has 0 spiro atoms. The molecule has 0 unspecified atom stereocenters. The standard InChI is InChI=1S/C19H20N6O3S2/c1-10-14(15-23-24-19(29)25(15)2)30-18(20-10)22-16(26)11-5-3-6-12(9-11)21-17(27)13-7-4-8-28-13/h3,5-6,9,13H,4,7-8H2,1-2H3,(H,21,27)(H,24,29)(H,20,22,26)/t13-/m1/s1. The molecule has 4 rings (SSSR count). The number of nitrogens with zero attached hydrogens (tertiary/aromatic N) is 3. The fraction of sp³-hybridized carbons (Fsp3) is 0.316. The maximum absolute atomic E-state index is 12.7. The van der Waals surface area contributed by atoms with Crippen molar-refractivity contribution in [2.45, 2.75) is 25.9 Å². The Bertz CT molecular complexity index is 1160. The molecular formula is C19H20N6O3S2. The minimum absolute atomic E-state index is 0.196. The number of benzene rings is 1. The lowest BCUT2D eigenvalue weighted by atomic mass is 10.1. The van der Waals surface area contributed by atoms with E-state index in [0.717, 1.165) is 17.0 Å². The van der Waals surface area contributed by atoms with Gasteiger partial charge in [-0.15, -0.1) is 0 Å². The summed E-state index contributed by atoms with van der Waals surface area (Å²) in [6.45, 7) is 2.44. The third kappa shape index (κ3) is 4.18. The fourth-order valence-corrected chi connectivity index (χ4v) is 4.24. The quantitative estimate of drug-likeness (QED) is 0.521. The van der Waals surface area contributed by atoms with Crippen LogP contribution in [0.1, 0.15) is 28.9 Å². The molecule has 3 aromatic rings. The molecule has 9 nitrogen and oxygen atoms in total. The van der Waals surface area contributed by atoms with Crippen LogP contribution in [0, 0.1) is 11.7 Å². The Kier molecular flexibility index (Phi) is 5.75. The van der Waals surface area contributed by atoms with Crippen LogP contribution in [0.15, 0.2) is 24.3 Å². The van der Waals surface area contributed by atoms with Gasteiger partial charge in [0.25, 0.3) is 11.8 Å². The van der Waals surface area contributed by atoms with Gasteiger partial charge in [-0.05, 0) is 50.2 Å². The summed E-state index contributed by atoms with van der Waals surface area (Å²) in [5.74, 6) is 0.145. The molecule has 2 amide bonds. The van der Waals surface area contributed by atoms with Gasteiger partial charge in [0.15, 0.2) is 15.7 Å². The smallest absolute Gasteiger partial charge is 0.257 e. The van der Waals surface area contributed by atoms with E-state index in [9.17, 15) is 9.59 Å². The molecule has 1 fully saturated rings. The number of rotatable bonds is 5. The monoisotopic (exact) mass is 444 g/mol. The van der Waals surface area contributed by atoms with Gasteiger partial charge >= 0.3 is 0 Å². The molecule has 0 bridgehead atoms. The fourth-order valence-electron chi connectivity index (χ4n) is 3.12. The van der Waals surface area contributed by atoms with Crippen molar-refractivity contribution in [1.82, 2.24) is 19.7 Å². The summed E-state index contributed by atoms with van der Waals surface area (Å²) in [7, 11) is 1.81. The minimum Gasteiger partial charge on any atom is -0.368 e. The van der Waals surface area contributed by atoms with Crippen LogP contribution in [-0.4, -0.2) is 44.3 Å². The van der Waals surface area contributed by atoms with Crippen LogP contribution < -0.4 is 10.6 Å². The summed E-state index contributed by atoms with van der Waals surface area (Å²) in [5.41, 5.74) is 1.69. The summed E-state index contributed by atoms with van der Waals surface area (Å²) >= 11 is 6.47. The zero-order valence-electron chi connectivity index (χ0n) is 16.4. The molecule has 1 aliphatic heterocycles. The Labute approximate surface area is 181 Å². The highest BCUT2D eigenvalue weighted by molar-refractivity contribution is 7.71. The van der Waals surface area contributed by atoms with Gasteiger partial charge in [0.1, 0.15) is 6.10 Å². The Morgan fingerprint density at radius 2 is 2.20 bits per heavy atom. The first-order valence-electron chi connectivity index (χ1n) is 9.35. The molecule has 0 saturated carbocycles. The predicted molar refractivity (Wildman–Crippen MR) is 116 cm³/mol. The second-order valence-electron chi connectivity index (χ2n) is 6.87. The van der Waals surface area contributed by atoms with E-state index in [1.165, 1.54) is 11.3 Å². The Morgan fingerprint density at radius 1 is 1.37 bits per heavy atom. The molecule has 3 heterocycles. The number of ether oxygens (including phenoxy) is 1. The van der Waals surface area contributed by atoms with Gasteiger partial charge < -0.3 is 14.6 Å². The lowest BCUT2D eigenvalue weighted by Gasteiger charge is -2.11. The molecule has 0 aliphatic carbocycles. The van der Waals surface area contributed by atoms with Gasteiger partial charge in [0, 0.05) is 24.9 Å². The van der Waals surface area contributed by atoms with Gasteiger partial charge in [-0.2, -0.15) is 5.10 Å². The van der Waals surface area contributed by atoms with Crippen LogP contribution in [0.4, 0.5) is 10.8 Å². The highest BCUT2D eigenvalue weighted by Gasteiger charge is 2.24. The van der Waals surface area contributed by atoms with E-state index in [1.807, 2.05) is 14.0 Å². The highest BCUT2D eigenvalue weighted by Crippen LogP contribution is 2.31. The van der Waals surface area contributed by atoms with Crippen molar-refractivity contribution in [3.8, 4) is 10.7 Å². The van der Waals surface area contributed by atoms with Crippen LogP contribution in [-0.2, 0) is 16.6 Å². The van der Waals surface area contributed by atoms with Gasteiger partial charge in [0.2, 0.25) is 0 Å². The third-order valence-corrected chi connectivity index (χ3v) is 6.15. The minimum atomic E-state index is -0.432. The second-order valence-corrected chi connectivity index (χ2v) is 8.26. The molecule has 1 atom stereocenters. The second kappa shape index (κ2) is 8.46. The van der Waals surface area contributed by atoms with E-state index in [0.29, 0.717) is 40.0 Å². The van der Waals surface area contributed by atoms with E-state index in [2.05, 4.69) is 25.8 Å². The molecular weight excluding hydrogens is 424 g/mol. The number of amides is 2. The first-order valence-corrected chi connectivity index (χ1v) is 10.6. The van der Waals surface area contributed by atoms with Crippen molar-refractivity contribution in [1.29, 1.82) is 0 Å². The van der Waals surface area contributed by atoms with Crippen LogP contribution in [0.5, 0.6) is 0 Å². The number of hydrogen-bond donors (Lipinski definition) is 3. The average molecular weight is 445 g/mol. The number of aromatic amines is 1. The van der Waals surface area contributed by atoms with Crippen molar-refractivity contribution >= 4 is 46.2 Å². The summed E-state index contributed by atoms with van der Waals surface area (Å²) < 4.78 is 7.65. The number of thiazole rings is 1. The SMILES string of the molecule is Cc1nc(NC(=O)c2cccc(NC(=O)[C@H]3CCCO3)c2)sc1-c1n[nH]c(=S)n1C. The van der Waals surface area contributed by atoms with Crippen molar-refractivity contribution in [2.24, 2.45) is 7.05 Å². The number of aryl methyl sites for hydroxylation is 1. The zero-order valence-corrected chi connectivity index (χ0v) is 18.0. The zero-order chi connectivity index (χ0) is 21.3. The summed E-state index contributed by atoms with van der Waals surface area (Å²) in [5, 5.41) is 13.0. The van der Waals surface area contributed by atoms with Gasteiger partial charge in [-0.25, -0.2) is 4.98 Å². The van der Waals surface area contributed by atoms with Crippen molar-refractivity contribution in [3.05, 3.63) is 40.3 Å². The van der Waals surface area contributed by atoms with E-state index in [-0.39, 0.29) is 11.8 Å². The summed E-state index contributed by atoms with van der Waals surface area (Å²) in [6, 6.07) is 6.75. The highest BCUT2D eigenvalue weighted by atomic mass is 32.1. The van der Waals surface area contributed by atoms with Gasteiger partial charge in [-0.3, -0.25) is 20.0 Å². The maximum atomic E-state index is 12.7. The molecule has 0 radical (unpaired) electrons. The summed E-state index contributed by atoms with van der Waals surface area (Å²) in [6.07, 6.45) is 1.15. The molecule has 1 aliphatic rings. The molecule has 1 aromatic carbocycles. The van der Waals surface area contributed by atoms with Crippen LogP contribution >= 0.6 is 23.6 Å². The first-order chi connectivity index (χ1) is 14.4. The molecule has 156 valence electrons. The molecule has 1 saturated heterocycles. The number of hydrogen-bond acceptors (Lipinski definition) is 7. The van der Waals surface area contributed by atoms with Crippen LogP contribution in [0.3, 0.4) is 0 Å². The first kappa shape index (κ1) is 20.4. The number of nitrogens with one attached hydrogen (secondary N) is 3. The Morgan fingerprint density at radius 3 is 2.90 bits per heavy atom. The maximum Gasteiger partial charge on any atom is 0.257 e. The van der Waals surface area contributed by atoms with E-state index < -0.39 is 6.10 Å². The van der Waals surface area contributed by atoms with Crippen LogP contribution in [0.25, 0.3) is 10.7 Å². The van der Waals surface area contributed by atoms with Crippen molar-refractivity contribution in [2.75, 3.05) is 17.2 Å².